The maximum Gasteiger partial charge on any atom is 0.381 e. The zero-order valence-corrected chi connectivity index (χ0v) is 12.4. The van der Waals surface area contributed by atoms with Gasteiger partial charge in [0.2, 0.25) is 11.7 Å². The molecule has 1 aromatic heterocycles. The van der Waals surface area contributed by atoms with E-state index in [1.165, 1.54) is 10.8 Å². The Balaban J connectivity index is 2.06. The fourth-order valence-electron chi connectivity index (χ4n) is 1.80. The molecule has 1 aromatic carbocycles. The molecule has 0 fully saturated rings. The van der Waals surface area contributed by atoms with Crippen molar-refractivity contribution in [3.8, 4) is 0 Å². The van der Waals surface area contributed by atoms with Gasteiger partial charge in [-0.05, 0) is 34.4 Å². The number of amides is 1. The van der Waals surface area contributed by atoms with Gasteiger partial charge in [0.1, 0.15) is 12.7 Å². The Kier molecular flexibility index (Phi) is 4.59. The van der Waals surface area contributed by atoms with E-state index in [1.807, 2.05) is 24.5 Å². The average molecular weight is 306 g/mol. The van der Waals surface area contributed by atoms with E-state index in [2.05, 4.69) is 10.3 Å². The highest BCUT2D eigenvalue weighted by atomic mass is 32.2. The predicted octanol–water partition coefficient (Wildman–Crippen LogP) is 2.46. The van der Waals surface area contributed by atoms with Crippen LogP contribution in [0.1, 0.15) is 5.82 Å². The number of nitrogens with zero attached hydrogens (tertiary/aromatic N) is 3. The van der Waals surface area contributed by atoms with Crippen LogP contribution in [0.15, 0.2) is 35.4 Å². The summed E-state index contributed by atoms with van der Waals surface area (Å²) < 4.78 is 1.45. The molecule has 1 heterocycles. The van der Waals surface area contributed by atoms with Crippen LogP contribution in [0.3, 0.4) is 0 Å². The van der Waals surface area contributed by atoms with Crippen molar-refractivity contribution < 1.29 is 9.72 Å². The highest BCUT2D eigenvalue weighted by molar-refractivity contribution is 7.98. The third kappa shape index (κ3) is 3.82. The number of aromatic nitrogens is 2. The Bertz CT molecular complexity index is 684. The first-order valence-corrected chi connectivity index (χ1v) is 7.34. The Morgan fingerprint density at radius 1 is 1.52 bits per heavy atom. The maximum atomic E-state index is 12.0. The number of aryl methyl sites for hydroxylation is 1. The molecule has 2 aromatic rings. The molecule has 0 saturated heterocycles. The molecule has 0 spiro atoms. The number of carbonyl (C=O) groups excluding carboxylic acids is 1. The Morgan fingerprint density at radius 3 is 2.90 bits per heavy atom. The summed E-state index contributed by atoms with van der Waals surface area (Å²) in [5, 5.41) is 13.4. The number of imidazole rings is 1. The highest BCUT2D eigenvalue weighted by Crippen LogP contribution is 2.19. The van der Waals surface area contributed by atoms with Crippen molar-refractivity contribution in [1.29, 1.82) is 0 Å². The van der Waals surface area contributed by atoms with E-state index in [-0.39, 0.29) is 18.3 Å². The Morgan fingerprint density at radius 2 is 2.29 bits per heavy atom. The molecule has 21 heavy (non-hydrogen) atoms. The van der Waals surface area contributed by atoms with Crippen LogP contribution < -0.4 is 5.32 Å². The van der Waals surface area contributed by atoms with Gasteiger partial charge < -0.3 is 15.4 Å². The van der Waals surface area contributed by atoms with E-state index in [0.717, 1.165) is 4.90 Å². The lowest BCUT2D eigenvalue weighted by molar-refractivity contribution is -0.389. The molecule has 1 N–H and O–H groups in total. The molecule has 0 radical (unpaired) electrons. The SMILES string of the molecule is CSc1cccc(NC(=O)Cn2cc([N+](=O)[O-])nc2C)c1. The standard InChI is InChI=1S/C13H14N4O3S/c1-9-14-12(17(19)20)7-16(9)8-13(18)15-10-4-3-5-11(6-10)21-2/h3-7H,8H2,1-2H3,(H,15,18). The summed E-state index contributed by atoms with van der Waals surface area (Å²) in [6, 6.07) is 7.46. The minimum atomic E-state index is -0.580. The number of anilines is 1. The summed E-state index contributed by atoms with van der Waals surface area (Å²) in [5.41, 5.74) is 0.694. The van der Waals surface area contributed by atoms with Crippen LogP contribution in [-0.2, 0) is 11.3 Å². The van der Waals surface area contributed by atoms with Gasteiger partial charge in [-0.2, -0.15) is 0 Å². The minimum Gasteiger partial charge on any atom is -0.358 e. The first-order valence-electron chi connectivity index (χ1n) is 6.11. The second-order valence-electron chi connectivity index (χ2n) is 4.31. The molecule has 0 aliphatic rings. The van der Waals surface area contributed by atoms with Crippen molar-refractivity contribution in [2.45, 2.75) is 18.4 Å². The van der Waals surface area contributed by atoms with Gasteiger partial charge in [0, 0.05) is 17.5 Å². The van der Waals surface area contributed by atoms with Gasteiger partial charge in [-0.25, -0.2) is 0 Å². The monoisotopic (exact) mass is 306 g/mol. The van der Waals surface area contributed by atoms with Crippen LogP contribution in [-0.4, -0.2) is 26.6 Å². The summed E-state index contributed by atoms with van der Waals surface area (Å²) in [6.45, 7) is 1.60. The molecule has 110 valence electrons. The molecule has 0 atom stereocenters. The molecular formula is C13H14N4O3S. The third-order valence-corrected chi connectivity index (χ3v) is 3.54. The second kappa shape index (κ2) is 6.40. The summed E-state index contributed by atoms with van der Waals surface area (Å²) in [6.07, 6.45) is 3.21. The highest BCUT2D eigenvalue weighted by Gasteiger charge is 2.16. The topological polar surface area (TPSA) is 90.1 Å². The number of hydrogen-bond donors (Lipinski definition) is 1. The first-order chi connectivity index (χ1) is 9.99. The van der Waals surface area contributed by atoms with Crippen LogP contribution in [0.25, 0.3) is 0 Å². The van der Waals surface area contributed by atoms with Gasteiger partial charge in [0.15, 0.2) is 0 Å². The fraction of sp³-hybridized carbons (Fsp3) is 0.231. The molecule has 0 saturated carbocycles. The largest absolute Gasteiger partial charge is 0.381 e. The lowest BCUT2D eigenvalue weighted by Crippen LogP contribution is -2.19. The number of hydrogen-bond acceptors (Lipinski definition) is 5. The van der Waals surface area contributed by atoms with Crippen molar-refractivity contribution in [3.05, 3.63) is 46.4 Å². The van der Waals surface area contributed by atoms with Crippen LogP contribution in [0.4, 0.5) is 11.5 Å². The molecule has 0 bridgehead atoms. The number of benzene rings is 1. The average Bonchev–Trinajstić information content (AvgIpc) is 2.80. The molecule has 7 nitrogen and oxygen atoms in total. The lowest BCUT2D eigenvalue weighted by Gasteiger charge is -2.07. The smallest absolute Gasteiger partial charge is 0.358 e. The quantitative estimate of drug-likeness (QED) is 0.520. The van der Waals surface area contributed by atoms with E-state index in [0.29, 0.717) is 11.5 Å². The Hall–Kier alpha value is -2.35. The van der Waals surface area contributed by atoms with Gasteiger partial charge in [0.25, 0.3) is 0 Å². The van der Waals surface area contributed by atoms with Crippen molar-refractivity contribution in [1.82, 2.24) is 9.55 Å². The van der Waals surface area contributed by atoms with E-state index in [9.17, 15) is 14.9 Å². The summed E-state index contributed by atoms with van der Waals surface area (Å²) in [4.78, 5) is 26.9. The summed E-state index contributed by atoms with van der Waals surface area (Å²) in [7, 11) is 0. The van der Waals surface area contributed by atoms with E-state index >= 15 is 0 Å². The van der Waals surface area contributed by atoms with Gasteiger partial charge in [-0.15, -0.1) is 11.8 Å². The zero-order valence-electron chi connectivity index (χ0n) is 11.6. The maximum absolute atomic E-state index is 12.0. The normalized spacial score (nSPS) is 10.4. The fourth-order valence-corrected chi connectivity index (χ4v) is 2.26. The lowest BCUT2D eigenvalue weighted by atomic mass is 10.3. The van der Waals surface area contributed by atoms with Crippen molar-refractivity contribution in [3.63, 3.8) is 0 Å². The van der Waals surface area contributed by atoms with Crippen molar-refractivity contribution in [2.75, 3.05) is 11.6 Å². The van der Waals surface area contributed by atoms with Gasteiger partial charge in [0.05, 0.1) is 0 Å². The molecule has 2 rings (SSSR count). The molecule has 0 unspecified atom stereocenters. The van der Waals surface area contributed by atoms with Crippen LogP contribution in [0, 0.1) is 17.0 Å². The van der Waals surface area contributed by atoms with E-state index < -0.39 is 4.92 Å². The first kappa shape index (κ1) is 15.0. The van der Waals surface area contributed by atoms with Crippen molar-refractivity contribution in [2.24, 2.45) is 0 Å². The number of nitro groups is 1. The predicted molar refractivity (Wildman–Crippen MR) is 80.5 cm³/mol. The summed E-state index contributed by atoms with van der Waals surface area (Å²) in [5.74, 6) is -0.0944. The molecule has 0 aliphatic carbocycles. The van der Waals surface area contributed by atoms with Crippen LogP contribution >= 0.6 is 11.8 Å². The Labute approximate surface area is 125 Å². The third-order valence-electron chi connectivity index (χ3n) is 2.82. The number of nitrogens with one attached hydrogen (secondary N) is 1. The molecular weight excluding hydrogens is 292 g/mol. The van der Waals surface area contributed by atoms with Crippen LogP contribution in [0.5, 0.6) is 0 Å². The second-order valence-corrected chi connectivity index (χ2v) is 5.19. The summed E-state index contributed by atoms with van der Waals surface area (Å²) >= 11 is 1.58. The van der Waals surface area contributed by atoms with Gasteiger partial charge in [-0.3, -0.25) is 9.36 Å². The molecule has 0 aliphatic heterocycles. The molecule has 8 heteroatoms. The van der Waals surface area contributed by atoms with E-state index in [1.54, 1.807) is 24.8 Å². The zero-order chi connectivity index (χ0) is 15.4. The number of carbonyl (C=O) groups is 1. The number of rotatable bonds is 5. The van der Waals surface area contributed by atoms with Crippen molar-refractivity contribution >= 4 is 29.2 Å². The number of thioether (sulfide) groups is 1. The molecule has 1 amide bonds. The van der Waals surface area contributed by atoms with E-state index in [4.69, 9.17) is 0 Å². The van der Waals surface area contributed by atoms with Gasteiger partial charge >= 0.3 is 5.82 Å². The van der Waals surface area contributed by atoms with Crippen LogP contribution in [0.2, 0.25) is 0 Å². The van der Waals surface area contributed by atoms with Gasteiger partial charge in [-0.1, -0.05) is 6.07 Å². The minimum absolute atomic E-state index is 0.0177.